The Morgan fingerprint density at radius 3 is 2.67 bits per heavy atom. The molecule has 108 valence electrons. The Hall–Kier alpha value is -0.650. The fraction of sp³-hybridized carbons (Fsp3) is 0.846. The van der Waals surface area contributed by atoms with Crippen LogP contribution >= 0.6 is 0 Å². The van der Waals surface area contributed by atoms with Gasteiger partial charge in [0.2, 0.25) is 5.91 Å². The lowest BCUT2D eigenvalue weighted by molar-refractivity contribution is -0.889. The number of hydrogen-bond donors (Lipinski definition) is 1. The summed E-state index contributed by atoms with van der Waals surface area (Å²) >= 11 is 0. The number of rotatable bonds is 10. The van der Waals surface area contributed by atoms with Gasteiger partial charge in [-0.2, -0.15) is 0 Å². The molecule has 0 saturated heterocycles. The summed E-state index contributed by atoms with van der Waals surface area (Å²) in [6.45, 7) is 7.94. The highest BCUT2D eigenvalue weighted by molar-refractivity contribution is 5.78. The minimum Gasteiger partial charge on any atom is -0.588 e. The molecule has 1 unspecified atom stereocenters. The van der Waals surface area contributed by atoms with E-state index in [0.29, 0.717) is 6.54 Å². The van der Waals surface area contributed by atoms with Crippen LogP contribution < -0.4 is 10.6 Å². The Bertz CT molecular complexity index is 232. The largest absolute Gasteiger partial charge is 0.588 e. The highest BCUT2D eigenvalue weighted by Crippen LogP contribution is 2.03. The quantitative estimate of drug-likeness (QED) is 0.156. The molecule has 0 radical (unpaired) electrons. The molecule has 0 aromatic rings. The molecule has 0 saturated carbocycles. The second kappa shape index (κ2) is 9.30. The molecule has 5 heteroatoms. The molecule has 0 rings (SSSR count). The zero-order valence-corrected chi connectivity index (χ0v) is 12.1. The van der Waals surface area contributed by atoms with Crippen LogP contribution in [0.1, 0.15) is 33.1 Å². The number of nitrogens with zero attached hydrogens (tertiary/aromatic N) is 1. The van der Waals surface area contributed by atoms with E-state index in [4.69, 9.17) is 0 Å². The molecule has 0 aromatic carbocycles. The molecule has 0 aliphatic carbocycles. The lowest BCUT2D eigenvalue weighted by atomic mass is 10.1. The SMILES string of the molecule is CCC(C)C(=O)NCC[N+](C)(C)CCC[CH-][OH+][O-]. The van der Waals surface area contributed by atoms with Crippen LogP contribution in [0.15, 0.2) is 0 Å². The summed E-state index contributed by atoms with van der Waals surface area (Å²) in [5, 5.41) is 12.9. The third kappa shape index (κ3) is 8.44. The van der Waals surface area contributed by atoms with Gasteiger partial charge in [0, 0.05) is 5.92 Å². The molecule has 0 fully saturated rings. The third-order valence-corrected chi connectivity index (χ3v) is 3.25. The molecule has 0 aliphatic rings. The molecule has 2 N–H and O–H groups in total. The summed E-state index contributed by atoms with van der Waals surface area (Å²) in [6.07, 6.45) is 2.54. The Kier molecular flexibility index (Phi) is 8.97. The van der Waals surface area contributed by atoms with Gasteiger partial charge in [0.05, 0.1) is 33.7 Å². The highest BCUT2D eigenvalue weighted by atomic mass is 17.1. The number of carbonyl (C=O) groups is 1. The van der Waals surface area contributed by atoms with Crippen molar-refractivity contribution in [3.8, 4) is 0 Å². The van der Waals surface area contributed by atoms with Crippen molar-refractivity contribution in [1.29, 1.82) is 0 Å². The number of quaternary nitrogens is 1. The lowest BCUT2D eigenvalue weighted by Gasteiger charge is -2.30. The van der Waals surface area contributed by atoms with Crippen LogP contribution in [0.5, 0.6) is 0 Å². The van der Waals surface area contributed by atoms with Crippen LogP contribution in [-0.4, -0.2) is 49.0 Å². The minimum atomic E-state index is 0.0916. The van der Waals surface area contributed by atoms with Crippen LogP contribution in [0, 0.1) is 12.5 Å². The summed E-state index contributed by atoms with van der Waals surface area (Å²) in [5.41, 5.74) is 0. The number of unbranched alkanes of at least 4 members (excludes halogenated alkanes) is 1. The first-order chi connectivity index (χ1) is 8.43. The molecular formula is C13H28N2O3. The first kappa shape index (κ1) is 17.4. The van der Waals surface area contributed by atoms with Crippen LogP contribution in [0.4, 0.5) is 0 Å². The minimum absolute atomic E-state index is 0.0916. The van der Waals surface area contributed by atoms with Crippen molar-refractivity contribution in [2.45, 2.75) is 33.1 Å². The normalized spacial score (nSPS) is 13.4. The third-order valence-electron chi connectivity index (χ3n) is 3.25. The fourth-order valence-corrected chi connectivity index (χ4v) is 1.62. The van der Waals surface area contributed by atoms with E-state index in [9.17, 15) is 10.1 Å². The topological polar surface area (TPSA) is 65.0 Å². The predicted molar refractivity (Wildman–Crippen MR) is 70.5 cm³/mol. The fourth-order valence-electron chi connectivity index (χ4n) is 1.62. The Balaban J connectivity index is 3.72. The van der Waals surface area contributed by atoms with E-state index in [-0.39, 0.29) is 11.8 Å². The molecular weight excluding hydrogens is 232 g/mol. The smallest absolute Gasteiger partial charge is 0.223 e. The first-order valence-corrected chi connectivity index (χ1v) is 6.66. The number of aliphatic hydroxyl groups is 1. The van der Waals surface area contributed by atoms with Gasteiger partial charge in [-0.1, -0.05) is 13.8 Å². The molecule has 1 amide bonds. The van der Waals surface area contributed by atoms with E-state index in [1.165, 1.54) is 6.61 Å². The monoisotopic (exact) mass is 260 g/mol. The standard InChI is InChI=1S/C13H28N2O3/c1-5-12(2)13(16)14-8-10-15(3,4)9-6-7-11-18-17/h11-12,18H,5-10H2,1-4H3,(H,14,16). The van der Waals surface area contributed by atoms with Gasteiger partial charge in [0.1, 0.15) is 0 Å². The van der Waals surface area contributed by atoms with Crippen molar-refractivity contribution in [3.05, 3.63) is 6.61 Å². The van der Waals surface area contributed by atoms with Gasteiger partial charge >= 0.3 is 0 Å². The van der Waals surface area contributed by atoms with Gasteiger partial charge in [-0.15, -0.1) is 6.42 Å². The molecule has 5 nitrogen and oxygen atoms in total. The summed E-state index contributed by atoms with van der Waals surface area (Å²) in [4.78, 5) is 14.3. The van der Waals surface area contributed by atoms with E-state index >= 15 is 0 Å². The van der Waals surface area contributed by atoms with Gasteiger partial charge in [-0.25, -0.2) is 0 Å². The zero-order chi connectivity index (χ0) is 14.0. The number of likely N-dealkylation sites (N-methyl/N-ethyl adjacent to an activating group) is 1. The summed E-state index contributed by atoms with van der Waals surface area (Å²) in [5.74, 6) is 0.227. The van der Waals surface area contributed by atoms with Crippen LogP contribution in [-0.2, 0) is 4.79 Å². The van der Waals surface area contributed by atoms with Gasteiger partial charge in [-0.3, -0.25) is 4.79 Å². The predicted octanol–water partition coefficient (Wildman–Crippen LogP) is 0.536. The van der Waals surface area contributed by atoms with Crippen molar-refractivity contribution in [2.24, 2.45) is 5.92 Å². The van der Waals surface area contributed by atoms with Gasteiger partial charge in [0.25, 0.3) is 0 Å². The summed E-state index contributed by atoms with van der Waals surface area (Å²) in [7, 11) is 4.26. The van der Waals surface area contributed by atoms with Crippen LogP contribution in [0.3, 0.4) is 0 Å². The Morgan fingerprint density at radius 2 is 2.11 bits per heavy atom. The molecule has 0 aliphatic heterocycles. The first-order valence-electron chi connectivity index (χ1n) is 6.66. The molecule has 18 heavy (non-hydrogen) atoms. The Morgan fingerprint density at radius 1 is 1.44 bits per heavy atom. The van der Waals surface area contributed by atoms with E-state index in [2.05, 4.69) is 24.3 Å². The van der Waals surface area contributed by atoms with E-state index in [0.717, 1.165) is 36.8 Å². The van der Waals surface area contributed by atoms with E-state index in [1.54, 1.807) is 0 Å². The summed E-state index contributed by atoms with van der Waals surface area (Å²) in [6, 6.07) is 0. The maximum absolute atomic E-state index is 11.6. The number of nitrogens with one attached hydrogen (secondary N) is 1. The van der Waals surface area contributed by atoms with Crippen molar-refractivity contribution >= 4 is 5.91 Å². The maximum Gasteiger partial charge on any atom is 0.223 e. The molecule has 0 heterocycles. The van der Waals surface area contributed by atoms with Crippen LogP contribution in [0.25, 0.3) is 0 Å². The number of hydrogen-bond acceptors (Lipinski definition) is 2. The van der Waals surface area contributed by atoms with Gasteiger partial charge in [0.15, 0.2) is 0 Å². The van der Waals surface area contributed by atoms with E-state index in [1.807, 2.05) is 13.8 Å². The van der Waals surface area contributed by atoms with Crippen molar-refractivity contribution in [2.75, 3.05) is 33.7 Å². The second-order valence-electron chi connectivity index (χ2n) is 5.41. The number of carbonyl (C=O) groups excluding carboxylic acids is 1. The van der Waals surface area contributed by atoms with Gasteiger partial charge in [-0.05, 0) is 19.4 Å². The second-order valence-corrected chi connectivity index (χ2v) is 5.41. The molecule has 0 spiro atoms. The van der Waals surface area contributed by atoms with Crippen molar-refractivity contribution < 1.29 is 19.4 Å². The molecule has 1 atom stereocenters. The van der Waals surface area contributed by atoms with Crippen LogP contribution in [0.2, 0.25) is 0 Å². The number of amides is 1. The van der Waals surface area contributed by atoms with Crippen molar-refractivity contribution in [3.63, 3.8) is 0 Å². The highest BCUT2D eigenvalue weighted by Gasteiger charge is 2.15. The summed E-state index contributed by atoms with van der Waals surface area (Å²) < 4.78 is 0.841. The Labute approximate surface area is 111 Å². The van der Waals surface area contributed by atoms with Crippen molar-refractivity contribution in [1.82, 2.24) is 5.32 Å². The molecule has 0 aromatic heterocycles. The zero-order valence-electron chi connectivity index (χ0n) is 12.1. The lowest BCUT2D eigenvalue weighted by Crippen LogP contribution is -2.46. The average Bonchev–Trinajstić information content (AvgIpc) is 2.33. The van der Waals surface area contributed by atoms with Gasteiger partial charge < -0.3 is 19.9 Å². The average molecular weight is 260 g/mol. The maximum atomic E-state index is 11.6. The van der Waals surface area contributed by atoms with E-state index < -0.39 is 0 Å². The molecule has 0 bridgehead atoms.